The van der Waals surface area contributed by atoms with Gasteiger partial charge in [0.25, 0.3) is 0 Å². The number of hydrogen-bond donors (Lipinski definition) is 0. The fourth-order valence-electron chi connectivity index (χ4n) is 6.81. The minimum atomic E-state index is 0.584. The third kappa shape index (κ3) is 5.43. The SMILES string of the molecule is c1ccc(-c2ccc(-c3nc(-c4cccc(-c5ccccc5)c4)nc(-c4cccc5oc6cc(-c7nc8ccccc8s7)ccc6c45)n3)cc2)cc1. The molecule has 52 heavy (non-hydrogen) atoms. The van der Waals surface area contributed by atoms with E-state index in [4.69, 9.17) is 24.4 Å². The van der Waals surface area contributed by atoms with Crippen molar-refractivity contribution in [3.63, 3.8) is 0 Å². The Hall–Kier alpha value is -6.76. The first-order chi connectivity index (χ1) is 25.7. The van der Waals surface area contributed by atoms with Crippen LogP contribution < -0.4 is 0 Å². The maximum Gasteiger partial charge on any atom is 0.164 e. The van der Waals surface area contributed by atoms with E-state index < -0.39 is 0 Å². The summed E-state index contributed by atoms with van der Waals surface area (Å²) in [5.74, 6) is 1.79. The number of para-hydroxylation sites is 1. The number of aromatic nitrogens is 4. The van der Waals surface area contributed by atoms with Gasteiger partial charge >= 0.3 is 0 Å². The number of rotatable bonds is 6. The highest BCUT2D eigenvalue weighted by Crippen LogP contribution is 2.39. The lowest BCUT2D eigenvalue weighted by molar-refractivity contribution is 0.669. The third-order valence-electron chi connectivity index (χ3n) is 9.39. The fourth-order valence-corrected chi connectivity index (χ4v) is 7.77. The third-order valence-corrected chi connectivity index (χ3v) is 10.5. The Morgan fingerprint density at radius 2 is 0.981 bits per heavy atom. The standard InChI is InChI=1S/C46H28N4OS/c1-3-11-29(12-4-1)31-21-23-32(24-22-31)43-48-44(34-16-9-15-33(27-34)30-13-5-2-6-14-30)50-45(49-43)37-17-10-19-39-42(37)36-26-25-35(28-40(36)51-39)46-47-38-18-7-8-20-41(38)52-46/h1-28H. The van der Waals surface area contributed by atoms with Crippen LogP contribution in [0.5, 0.6) is 0 Å². The van der Waals surface area contributed by atoms with E-state index in [0.29, 0.717) is 17.5 Å². The summed E-state index contributed by atoms with van der Waals surface area (Å²) < 4.78 is 7.67. The van der Waals surface area contributed by atoms with Gasteiger partial charge in [0.1, 0.15) is 16.2 Å². The zero-order chi connectivity index (χ0) is 34.4. The molecule has 0 aliphatic rings. The first-order valence-corrected chi connectivity index (χ1v) is 17.9. The van der Waals surface area contributed by atoms with E-state index in [1.165, 1.54) is 0 Å². The number of fused-ring (bicyclic) bond motifs is 4. The molecule has 3 aromatic heterocycles. The largest absolute Gasteiger partial charge is 0.456 e. The van der Waals surface area contributed by atoms with Crippen LogP contribution in [0, 0.1) is 0 Å². The molecule has 7 aromatic carbocycles. The average Bonchev–Trinajstić information content (AvgIpc) is 3.83. The van der Waals surface area contributed by atoms with Gasteiger partial charge < -0.3 is 4.42 Å². The number of hydrogen-bond acceptors (Lipinski definition) is 6. The maximum absolute atomic E-state index is 6.51. The summed E-state index contributed by atoms with van der Waals surface area (Å²) in [6.45, 7) is 0. The summed E-state index contributed by atoms with van der Waals surface area (Å²) in [6, 6.07) is 58.2. The summed E-state index contributed by atoms with van der Waals surface area (Å²) in [6.07, 6.45) is 0. The fraction of sp³-hybridized carbons (Fsp3) is 0. The van der Waals surface area contributed by atoms with E-state index in [1.807, 2.05) is 42.5 Å². The van der Waals surface area contributed by atoms with Crippen LogP contribution in [0.15, 0.2) is 174 Å². The van der Waals surface area contributed by atoms with Crippen molar-refractivity contribution < 1.29 is 4.42 Å². The first kappa shape index (κ1) is 30.1. The molecule has 0 aliphatic heterocycles. The van der Waals surface area contributed by atoms with E-state index in [2.05, 4.69) is 127 Å². The molecule has 0 N–H and O–H groups in total. The highest BCUT2D eigenvalue weighted by molar-refractivity contribution is 7.21. The van der Waals surface area contributed by atoms with Crippen molar-refractivity contribution in [2.24, 2.45) is 0 Å². The van der Waals surface area contributed by atoms with Gasteiger partial charge in [-0.05, 0) is 58.7 Å². The van der Waals surface area contributed by atoms with Crippen LogP contribution in [0.3, 0.4) is 0 Å². The van der Waals surface area contributed by atoms with Crippen molar-refractivity contribution in [1.82, 2.24) is 19.9 Å². The lowest BCUT2D eigenvalue weighted by Gasteiger charge is -2.11. The zero-order valence-electron chi connectivity index (χ0n) is 27.8. The van der Waals surface area contributed by atoms with Crippen molar-refractivity contribution in [2.75, 3.05) is 0 Å². The van der Waals surface area contributed by atoms with Crippen LogP contribution in [0.1, 0.15) is 0 Å². The molecule has 0 saturated heterocycles. The van der Waals surface area contributed by atoms with E-state index in [0.717, 1.165) is 81.7 Å². The molecular formula is C46H28N4OS. The Morgan fingerprint density at radius 1 is 0.385 bits per heavy atom. The van der Waals surface area contributed by atoms with Gasteiger partial charge in [0.05, 0.1) is 10.2 Å². The Labute approximate surface area is 303 Å². The minimum absolute atomic E-state index is 0.584. The molecule has 5 nitrogen and oxygen atoms in total. The first-order valence-electron chi connectivity index (χ1n) is 17.1. The summed E-state index contributed by atoms with van der Waals surface area (Å²) in [5, 5.41) is 2.93. The molecule has 0 fully saturated rings. The van der Waals surface area contributed by atoms with Crippen LogP contribution in [0.4, 0.5) is 0 Å². The quantitative estimate of drug-likeness (QED) is 0.174. The second kappa shape index (κ2) is 12.5. The molecule has 0 saturated carbocycles. The Morgan fingerprint density at radius 3 is 1.77 bits per heavy atom. The minimum Gasteiger partial charge on any atom is -0.456 e. The van der Waals surface area contributed by atoms with Gasteiger partial charge in [-0.1, -0.05) is 133 Å². The summed E-state index contributed by atoms with van der Waals surface area (Å²) >= 11 is 1.68. The second-order valence-corrected chi connectivity index (χ2v) is 13.7. The molecule has 244 valence electrons. The number of nitrogens with zero attached hydrogens (tertiary/aromatic N) is 4. The van der Waals surface area contributed by atoms with Crippen LogP contribution in [-0.4, -0.2) is 19.9 Å². The van der Waals surface area contributed by atoms with E-state index in [1.54, 1.807) is 11.3 Å². The van der Waals surface area contributed by atoms with Gasteiger partial charge in [-0.3, -0.25) is 0 Å². The van der Waals surface area contributed by atoms with Crippen molar-refractivity contribution >= 4 is 43.5 Å². The smallest absolute Gasteiger partial charge is 0.164 e. The molecule has 3 heterocycles. The van der Waals surface area contributed by atoms with Gasteiger partial charge in [-0.15, -0.1) is 11.3 Å². The molecular weight excluding hydrogens is 657 g/mol. The lowest BCUT2D eigenvalue weighted by Crippen LogP contribution is -2.00. The highest BCUT2D eigenvalue weighted by Gasteiger charge is 2.19. The van der Waals surface area contributed by atoms with Crippen molar-refractivity contribution in [3.05, 3.63) is 170 Å². The predicted octanol–water partition coefficient (Wildman–Crippen LogP) is 12.4. The number of furan rings is 1. The monoisotopic (exact) mass is 684 g/mol. The molecule has 0 bridgehead atoms. The lowest BCUT2D eigenvalue weighted by atomic mass is 10.0. The van der Waals surface area contributed by atoms with Gasteiger partial charge in [0.2, 0.25) is 0 Å². The van der Waals surface area contributed by atoms with E-state index >= 15 is 0 Å². The molecule has 6 heteroatoms. The molecule has 0 unspecified atom stereocenters. The second-order valence-electron chi connectivity index (χ2n) is 12.7. The van der Waals surface area contributed by atoms with Crippen LogP contribution in [0.25, 0.3) is 99.1 Å². The normalized spacial score (nSPS) is 11.5. The van der Waals surface area contributed by atoms with Crippen molar-refractivity contribution in [1.29, 1.82) is 0 Å². The Bertz CT molecular complexity index is 2860. The summed E-state index contributed by atoms with van der Waals surface area (Å²) in [5.41, 5.74) is 10.8. The predicted molar refractivity (Wildman–Crippen MR) is 213 cm³/mol. The molecule has 0 amide bonds. The molecule has 10 rings (SSSR count). The van der Waals surface area contributed by atoms with Gasteiger partial charge in [0.15, 0.2) is 17.5 Å². The molecule has 10 aromatic rings. The number of benzene rings is 7. The topological polar surface area (TPSA) is 64.7 Å². The van der Waals surface area contributed by atoms with Gasteiger partial charge in [0, 0.05) is 33.0 Å². The maximum atomic E-state index is 6.51. The van der Waals surface area contributed by atoms with Crippen molar-refractivity contribution in [3.8, 4) is 67.0 Å². The molecule has 0 radical (unpaired) electrons. The summed E-state index contributed by atoms with van der Waals surface area (Å²) in [4.78, 5) is 20.3. The van der Waals surface area contributed by atoms with E-state index in [-0.39, 0.29) is 0 Å². The van der Waals surface area contributed by atoms with Gasteiger partial charge in [-0.25, -0.2) is 19.9 Å². The van der Waals surface area contributed by atoms with Crippen LogP contribution >= 0.6 is 11.3 Å². The highest BCUT2D eigenvalue weighted by atomic mass is 32.1. The molecule has 0 atom stereocenters. The van der Waals surface area contributed by atoms with Gasteiger partial charge in [-0.2, -0.15) is 0 Å². The zero-order valence-corrected chi connectivity index (χ0v) is 28.6. The molecule has 0 spiro atoms. The number of thiazole rings is 1. The molecule has 0 aliphatic carbocycles. The summed E-state index contributed by atoms with van der Waals surface area (Å²) in [7, 11) is 0. The Kier molecular flexibility index (Phi) is 7.25. The average molecular weight is 685 g/mol. The van der Waals surface area contributed by atoms with Crippen LogP contribution in [0.2, 0.25) is 0 Å². The van der Waals surface area contributed by atoms with E-state index in [9.17, 15) is 0 Å². The van der Waals surface area contributed by atoms with Crippen molar-refractivity contribution in [2.45, 2.75) is 0 Å². The Balaban J connectivity index is 1.13. The van der Waals surface area contributed by atoms with Crippen LogP contribution in [-0.2, 0) is 0 Å².